The van der Waals surface area contributed by atoms with E-state index in [1.165, 1.54) is 0 Å². The Balaban J connectivity index is 2.07. The Bertz CT molecular complexity index is 687. The van der Waals surface area contributed by atoms with Crippen molar-refractivity contribution < 1.29 is 24.2 Å². The molecule has 0 spiro atoms. The molecule has 0 radical (unpaired) electrons. The van der Waals surface area contributed by atoms with Crippen molar-refractivity contribution in [3.63, 3.8) is 0 Å². The van der Waals surface area contributed by atoms with Gasteiger partial charge in [0, 0.05) is 37.0 Å². The van der Waals surface area contributed by atoms with Gasteiger partial charge < -0.3 is 14.6 Å². The summed E-state index contributed by atoms with van der Waals surface area (Å²) in [7, 11) is 1.55. The molecule has 2 unspecified atom stereocenters. The summed E-state index contributed by atoms with van der Waals surface area (Å²) in [4.78, 5) is 23.6. The van der Waals surface area contributed by atoms with Crippen molar-refractivity contribution in [1.29, 1.82) is 0 Å². The number of carbonyl (C=O) groups excluding carboxylic acids is 1. The molecule has 1 aromatic rings. The number of ketones is 1. The molecule has 0 saturated heterocycles. The van der Waals surface area contributed by atoms with Gasteiger partial charge in [-0.1, -0.05) is 36.4 Å². The van der Waals surface area contributed by atoms with Crippen LogP contribution in [0.1, 0.15) is 30.7 Å². The Morgan fingerprint density at radius 3 is 2.74 bits per heavy atom. The molecule has 0 aromatic heterocycles. The Kier molecular flexibility index (Phi) is 4.30. The fourth-order valence-corrected chi connectivity index (χ4v) is 3.15. The second-order valence-electron chi connectivity index (χ2n) is 5.65. The first-order valence-corrected chi connectivity index (χ1v) is 7.53. The van der Waals surface area contributed by atoms with E-state index in [2.05, 4.69) is 0 Å². The molecule has 1 aliphatic carbocycles. The summed E-state index contributed by atoms with van der Waals surface area (Å²) in [5.41, 5.74) is 2.13. The second kappa shape index (κ2) is 6.38. The van der Waals surface area contributed by atoms with E-state index in [9.17, 15) is 9.59 Å². The molecule has 1 N–H and O–H groups in total. The summed E-state index contributed by atoms with van der Waals surface area (Å²) in [5, 5.41) is 9.09. The average molecular weight is 314 g/mol. The third kappa shape index (κ3) is 3.05. The minimum absolute atomic E-state index is 0.0162. The van der Waals surface area contributed by atoms with Crippen LogP contribution in [-0.4, -0.2) is 30.3 Å². The minimum Gasteiger partial charge on any atom is -0.481 e. The van der Waals surface area contributed by atoms with E-state index < -0.39 is 12.3 Å². The van der Waals surface area contributed by atoms with Crippen molar-refractivity contribution >= 4 is 11.8 Å². The van der Waals surface area contributed by atoms with Crippen LogP contribution in [0.5, 0.6) is 0 Å². The van der Waals surface area contributed by atoms with Crippen LogP contribution >= 0.6 is 0 Å². The highest BCUT2D eigenvalue weighted by Gasteiger charge is 2.38. The molecule has 3 rings (SSSR count). The van der Waals surface area contributed by atoms with E-state index in [1.54, 1.807) is 13.2 Å². The number of hydrogen-bond donors (Lipinski definition) is 1. The van der Waals surface area contributed by atoms with Gasteiger partial charge in [0.1, 0.15) is 5.76 Å². The predicted octanol–water partition coefficient (Wildman–Crippen LogP) is 2.79. The van der Waals surface area contributed by atoms with Crippen molar-refractivity contribution in [2.24, 2.45) is 0 Å². The summed E-state index contributed by atoms with van der Waals surface area (Å²) in [6.45, 7) is 0. The maximum absolute atomic E-state index is 12.5. The van der Waals surface area contributed by atoms with Gasteiger partial charge in [0.15, 0.2) is 12.1 Å². The SMILES string of the molecule is COC1CC(c2ccccc2)C2=C(O1)C(CC(=O)O)=CCC2=O. The van der Waals surface area contributed by atoms with Gasteiger partial charge >= 0.3 is 5.97 Å². The third-order valence-corrected chi connectivity index (χ3v) is 4.20. The zero-order chi connectivity index (χ0) is 16.4. The van der Waals surface area contributed by atoms with Crippen LogP contribution in [0.3, 0.4) is 0 Å². The lowest BCUT2D eigenvalue weighted by Gasteiger charge is -2.35. The third-order valence-electron chi connectivity index (χ3n) is 4.20. The van der Waals surface area contributed by atoms with Crippen LogP contribution in [0.25, 0.3) is 0 Å². The first-order valence-electron chi connectivity index (χ1n) is 7.53. The largest absolute Gasteiger partial charge is 0.481 e. The zero-order valence-electron chi connectivity index (χ0n) is 12.8. The molecule has 5 heteroatoms. The van der Waals surface area contributed by atoms with Crippen LogP contribution in [0, 0.1) is 0 Å². The number of ether oxygens (including phenoxy) is 2. The predicted molar refractivity (Wildman–Crippen MR) is 82.7 cm³/mol. The van der Waals surface area contributed by atoms with Crippen LogP contribution in [0.15, 0.2) is 53.3 Å². The molecule has 0 bridgehead atoms. The number of hydrogen-bond acceptors (Lipinski definition) is 4. The molecule has 2 atom stereocenters. The van der Waals surface area contributed by atoms with Gasteiger partial charge in [-0.15, -0.1) is 0 Å². The Morgan fingerprint density at radius 1 is 1.35 bits per heavy atom. The van der Waals surface area contributed by atoms with Crippen LogP contribution in [0.2, 0.25) is 0 Å². The number of carbonyl (C=O) groups is 2. The smallest absolute Gasteiger partial charge is 0.307 e. The molecule has 120 valence electrons. The zero-order valence-corrected chi connectivity index (χ0v) is 12.8. The van der Waals surface area contributed by atoms with Crippen LogP contribution in [-0.2, 0) is 19.1 Å². The second-order valence-corrected chi connectivity index (χ2v) is 5.65. The number of rotatable bonds is 4. The van der Waals surface area contributed by atoms with E-state index >= 15 is 0 Å². The maximum Gasteiger partial charge on any atom is 0.307 e. The van der Waals surface area contributed by atoms with Crippen molar-refractivity contribution in [3.8, 4) is 0 Å². The number of aliphatic carboxylic acids is 1. The number of benzene rings is 1. The standard InChI is InChI=1S/C18H18O5/c1-22-16-10-13(11-5-3-2-4-6-11)17-14(19)8-7-12(9-15(20)21)18(17)23-16/h2-7,13,16H,8-10H2,1H3,(H,20,21). The topological polar surface area (TPSA) is 72.8 Å². The van der Waals surface area contributed by atoms with Gasteiger partial charge in [0.2, 0.25) is 0 Å². The molecule has 0 fully saturated rings. The van der Waals surface area contributed by atoms with E-state index in [-0.39, 0.29) is 24.5 Å². The monoisotopic (exact) mass is 314 g/mol. The highest BCUT2D eigenvalue weighted by molar-refractivity contribution is 6.00. The van der Waals surface area contributed by atoms with Crippen molar-refractivity contribution in [1.82, 2.24) is 0 Å². The summed E-state index contributed by atoms with van der Waals surface area (Å²) in [6, 6.07) is 9.71. The lowest BCUT2D eigenvalue weighted by molar-refractivity contribution is -0.137. The number of methoxy groups -OCH3 is 1. The summed E-state index contributed by atoms with van der Waals surface area (Å²) in [5.74, 6) is -0.722. The minimum atomic E-state index is -0.947. The highest BCUT2D eigenvalue weighted by atomic mass is 16.7. The van der Waals surface area contributed by atoms with Gasteiger partial charge in [-0.3, -0.25) is 9.59 Å². The number of carboxylic acids is 1. The number of Topliss-reactive ketones (excluding diaryl/α,β-unsaturated/α-hetero) is 1. The fraction of sp³-hybridized carbons (Fsp3) is 0.333. The molecular weight excluding hydrogens is 296 g/mol. The Labute approximate surface area is 134 Å². The lowest BCUT2D eigenvalue weighted by Crippen LogP contribution is -2.31. The molecule has 1 aromatic carbocycles. The van der Waals surface area contributed by atoms with E-state index in [1.807, 2.05) is 30.3 Å². The Hall–Kier alpha value is -2.40. The van der Waals surface area contributed by atoms with E-state index in [0.717, 1.165) is 5.56 Å². The maximum atomic E-state index is 12.5. The summed E-state index contributed by atoms with van der Waals surface area (Å²) in [6.07, 6.45) is 1.73. The van der Waals surface area contributed by atoms with Gasteiger partial charge in [0.25, 0.3) is 0 Å². The number of allylic oxidation sites excluding steroid dienone is 3. The average Bonchev–Trinajstić information content (AvgIpc) is 2.57. The van der Waals surface area contributed by atoms with Crippen LogP contribution in [0.4, 0.5) is 0 Å². The summed E-state index contributed by atoms with van der Waals surface area (Å²) < 4.78 is 11.1. The van der Waals surface area contributed by atoms with Crippen molar-refractivity contribution in [2.45, 2.75) is 31.5 Å². The van der Waals surface area contributed by atoms with Gasteiger partial charge in [-0.2, -0.15) is 0 Å². The molecule has 1 aliphatic heterocycles. The van der Waals surface area contributed by atoms with Gasteiger partial charge in [-0.05, 0) is 5.56 Å². The Morgan fingerprint density at radius 2 is 2.09 bits per heavy atom. The fourth-order valence-electron chi connectivity index (χ4n) is 3.15. The first-order chi connectivity index (χ1) is 11.1. The molecular formula is C18H18O5. The van der Waals surface area contributed by atoms with Crippen LogP contribution < -0.4 is 0 Å². The highest BCUT2D eigenvalue weighted by Crippen LogP contribution is 2.43. The molecule has 2 aliphatic rings. The molecule has 0 saturated carbocycles. The van der Waals surface area contributed by atoms with Crippen molar-refractivity contribution in [2.75, 3.05) is 7.11 Å². The quantitative estimate of drug-likeness (QED) is 0.925. The normalized spacial score (nSPS) is 23.9. The molecule has 5 nitrogen and oxygen atoms in total. The van der Waals surface area contributed by atoms with E-state index in [4.69, 9.17) is 14.6 Å². The van der Waals surface area contributed by atoms with Gasteiger partial charge in [-0.25, -0.2) is 0 Å². The first kappa shape index (κ1) is 15.5. The summed E-state index contributed by atoms with van der Waals surface area (Å²) >= 11 is 0. The number of carboxylic acid groups (broad SMARTS) is 1. The van der Waals surface area contributed by atoms with E-state index in [0.29, 0.717) is 23.3 Å². The molecule has 23 heavy (non-hydrogen) atoms. The molecule has 0 amide bonds. The molecule has 1 heterocycles. The van der Waals surface area contributed by atoms with Crippen molar-refractivity contribution in [3.05, 3.63) is 58.9 Å². The lowest BCUT2D eigenvalue weighted by atomic mass is 9.79. The van der Waals surface area contributed by atoms with Gasteiger partial charge in [0.05, 0.1) is 6.42 Å².